The number of nitrogens with zero attached hydrogens (tertiary/aromatic N) is 2. The van der Waals surface area contributed by atoms with Gasteiger partial charge in [-0.15, -0.1) is 0 Å². The van der Waals surface area contributed by atoms with Gasteiger partial charge in [-0.05, 0) is 43.4 Å². The number of rotatable bonds is 7. The van der Waals surface area contributed by atoms with Crippen molar-refractivity contribution in [2.24, 2.45) is 11.8 Å². The van der Waals surface area contributed by atoms with Gasteiger partial charge in [-0.3, -0.25) is 0 Å². The lowest BCUT2D eigenvalue weighted by atomic mass is 10.0. The molecule has 1 saturated heterocycles. The summed E-state index contributed by atoms with van der Waals surface area (Å²) in [6, 6.07) is 6.28. The minimum Gasteiger partial charge on any atom is -0.381 e. The van der Waals surface area contributed by atoms with Crippen molar-refractivity contribution >= 4 is 5.82 Å². The summed E-state index contributed by atoms with van der Waals surface area (Å²) in [6.45, 7) is 9.15. The summed E-state index contributed by atoms with van der Waals surface area (Å²) in [6.07, 6.45) is 2.45. The van der Waals surface area contributed by atoms with Gasteiger partial charge in [-0.1, -0.05) is 19.9 Å². The highest BCUT2D eigenvalue weighted by Crippen LogP contribution is 2.18. The Labute approximate surface area is 128 Å². The van der Waals surface area contributed by atoms with Gasteiger partial charge >= 0.3 is 0 Å². The van der Waals surface area contributed by atoms with Gasteiger partial charge < -0.3 is 15.0 Å². The molecule has 0 spiro atoms. The molecule has 1 aliphatic rings. The number of hydrogen-bond acceptors (Lipinski definition) is 4. The second-order valence-electron chi connectivity index (χ2n) is 6.48. The van der Waals surface area contributed by atoms with Crippen molar-refractivity contribution in [2.75, 3.05) is 38.3 Å². The van der Waals surface area contributed by atoms with E-state index in [-0.39, 0.29) is 0 Å². The van der Waals surface area contributed by atoms with Crippen LogP contribution in [0.3, 0.4) is 0 Å². The lowest BCUT2D eigenvalue weighted by Gasteiger charge is -2.28. The predicted octanol–water partition coefficient (Wildman–Crippen LogP) is 2.69. The fourth-order valence-corrected chi connectivity index (χ4v) is 2.70. The Kier molecular flexibility index (Phi) is 6.46. The maximum atomic E-state index is 5.56. The van der Waals surface area contributed by atoms with Crippen LogP contribution in [0.15, 0.2) is 18.2 Å². The molecule has 0 bridgehead atoms. The van der Waals surface area contributed by atoms with Crippen molar-refractivity contribution < 1.29 is 4.74 Å². The van der Waals surface area contributed by atoms with Crippen LogP contribution in [0.25, 0.3) is 0 Å². The van der Waals surface area contributed by atoms with Crippen LogP contribution >= 0.6 is 0 Å². The van der Waals surface area contributed by atoms with Crippen molar-refractivity contribution in [3.8, 4) is 0 Å². The summed E-state index contributed by atoms with van der Waals surface area (Å²) in [5.41, 5.74) is 1.11. The van der Waals surface area contributed by atoms with E-state index < -0.39 is 0 Å². The standard InChI is InChI=1S/C17H29N3O/c1-14(2)10-18-11-16-7-4-8-17(19-16)20(3)12-15-6-5-9-21-13-15/h4,7-8,14-15,18H,5-6,9-13H2,1-3H3. The Bertz CT molecular complexity index is 416. The minimum absolute atomic E-state index is 0.633. The van der Waals surface area contributed by atoms with Gasteiger partial charge in [0.2, 0.25) is 0 Å². The maximum Gasteiger partial charge on any atom is 0.128 e. The van der Waals surface area contributed by atoms with E-state index in [9.17, 15) is 0 Å². The molecule has 1 unspecified atom stereocenters. The van der Waals surface area contributed by atoms with Gasteiger partial charge in [0.15, 0.2) is 0 Å². The molecule has 1 atom stereocenters. The Hall–Kier alpha value is -1.13. The van der Waals surface area contributed by atoms with Crippen LogP contribution in [0, 0.1) is 11.8 Å². The SMILES string of the molecule is CC(C)CNCc1cccc(N(C)CC2CCCOC2)n1. The molecule has 4 heteroatoms. The second-order valence-corrected chi connectivity index (χ2v) is 6.48. The molecule has 0 aromatic carbocycles. The zero-order valence-corrected chi connectivity index (χ0v) is 13.6. The molecule has 0 saturated carbocycles. The van der Waals surface area contributed by atoms with E-state index in [4.69, 9.17) is 9.72 Å². The van der Waals surface area contributed by atoms with Crippen molar-refractivity contribution in [3.63, 3.8) is 0 Å². The van der Waals surface area contributed by atoms with Crippen LogP contribution in [0.4, 0.5) is 5.82 Å². The monoisotopic (exact) mass is 291 g/mol. The molecule has 0 radical (unpaired) electrons. The van der Waals surface area contributed by atoms with Gasteiger partial charge in [0.1, 0.15) is 5.82 Å². The van der Waals surface area contributed by atoms with Crippen molar-refractivity contribution in [3.05, 3.63) is 23.9 Å². The number of nitrogens with one attached hydrogen (secondary N) is 1. The molecule has 1 aromatic heterocycles. The van der Waals surface area contributed by atoms with E-state index in [2.05, 4.69) is 49.3 Å². The van der Waals surface area contributed by atoms with Crippen LogP contribution in [-0.2, 0) is 11.3 Å². The average molecular weight is 291 g/mol. The van der Waals surface area contributed by atoms with E-state index in [1.165, 1.54) is 12.8 Å². The number of ether oxygens (including phenoxy) is 1. The Morgan fingerprint density at radius 1 is 1.43 bits per heavy atom. The third-order valence-electron chi connectivity index (χ3n) is 3.83. The van der Waals surface area contributed by atoms with Gasteiger partial charge in [0.05, 0.1) is 12.3 Å². The number of aromatic nitrogens is 1. The van der Waals surface area contributed by atoms with E-state index in [1.807, 2.05) is 0 Å². The molecule has 1 N–H and O–H groups in total. The van der Waals surface area contributed by atoms with Crippen LogP contribution in [0.5, 0.6) is 0 Å². The number of anilines is 1. The highest BCUT2D eigenvalue weighted by molar-refractivity contribution is 5.38. The van der Waals surface area contributed by atoms with Crippen molar-refractivity contribution in [1.82, 2.24) is 10.3 Å². The van der Waals surface area contributed by atoms with Crippen LogP contribution in [0.2, 0.25) is 0 Å². The third-order valence-corrected chi connectivity index (χ3v) is 3.83. The largest absolute Gasteiger partial charge is 0.381 e. The molecule has 2 heterocycles. The first-order valence-electron chi connectivity index (χ1n) is 8.10. The van der Waals surface area contributed by atoms with E-state index in [0.29, 0.717) is 11.8 Å². The van der Waals surface area contributed by atoms with Crippen LogP contribution < -0.4 is 10.2 Å². The van der Waals surface area contributed by atoms with Crippen LogP contribution in [0.1, 0.15) is 32.4 Å². The van der Waals surface area contributed by atoms with Crippen molar-refractivity contribution in [1.29, 1.82) is 0 Å². The second kappa shape index (κ2) is 8.35. The Balaban J connectivity index is 1.86. The highest BCUT2D eigenvalue weighted by atomic mass is 16.5. The summed E-state index contributed by atoms with van der Waals surface area (Å²) in [7, 11) is 2.13. The van der Waals surface area contributed by atoms with Gasteiger partial charge in [0, 0.05) is 26.7 Å². The molecule has 4 nitrogen and oxygen atoms in total. The molecule has 1 fully saturated rings. The minimum atomic E-state index is 0.633. The Morgan fingerprint density at radius 3 is 3.00 bits per heavy atom. The van der Waals surface area contributed by atoms with Crippen molar-refractivity contribution in [2.45, 2.75) is 33.2 Å². The molecule has 0 aliphatic carbocycles. The summed E-state index contributed by atoms with van der Waals surface area (Å²) < 4.78 is 5.56. The lowest BCUT2D eigenvalue weighted by Crippen LogP contribution is -2.31. The van der Waals surface area contributed by atoms with E-state index in [1.54, 1.807) is 0 Å². The van der Waals surface area contributed by atoms with Crippen LogP contribution in [-0.4, -0.2) is 38.3 Å². The molecule has 0 amide bonds. The first kappa shape index (κ1) is 16.2. The smallest absolute Gasteiger partial charge is 0.128 e. The molecule has 118 valence electrons. The van der Waals surface area contributed by atoms with Gasteiger partial charge in [-0.25, -0.2) is 4.98 Å². The third kappa shape index (κ3) is 5.64. The molecule has 1 aliphatic heterocycles. The van der Waals surface area contributed by atoms with Gasteiger partial charge in [0.25, 0.3) is 0 Å². The summed E-state index contributed by atoms with van der Waals surface area (Å²) in [5, 5.41) is 3.45. The van der Waals surface area contributed by atoms with E-state index >= 15 is 0 Å². The zero-order chi connectivity index (χ0) is 15.1. The average Bonchev–Trinajstić information content (AvgIpc) is 2.48. The molecular weight excluding hydrogens is 262 g/mol. The molecule has 1 aromatic rings. The number of hydrogen-bond donors (Lipinski definition) is 1. The summed E-state index contributed by atoms with van der Waals surface area (Å²) in [5.74, 6) is 2.36. The first-order chi connectivity index (χ1) is 10.1. The highest BCUT2D eigenvalue weighted by Gasteiger charge is 2.16. The quantitative estimate of drug-likeness (QED) is 0.838. The molecular formula is C17H29N3O. The predicted molar refractivity (Wildman–Crippen MR) is 87.6 cm³/mol. The first-order valence-corrected chi connectivity index (χ1v) is 8.10. The fourth-order valence-electron chi connectivity index (χ4n) is 2.70. The summed E-state index contributed by atoms with van der Waals surface area (Å²) in [4.78, 5) is 7.01. The Morgan fingerprint density at radius 2 is 2.29 bits per heavy atom. The molecule has 2 rings (SSSR count). The number of pyridine rings is 1. The molecule has 21 heavy (non-hydrogen) atoms. The van der Waals surface area contributed by atoms with E-state index in [0.717, 1.165) is 44.4 Å². The van der Waals surface area contributed by atoms with Gasteiger partial charge in [-0.2, -0.15) is 0 Å². The maximum absolute atomic E-state index is 5.56. The fraction of sp³-hybridized carbons (Fsp3) is 0.706. The topological polar surface area (TPSA) is 37.4 Å². The summed E-state index contributed by atoms with van der Waals surface area (Å²) >= 11 is 0. The normalized spacial score (nSPS) is 19.0. The zero-order valence-electron chi connectivity index (χ0n) is 13.6. The lowest BCUT2D eigenvalue weighted by molar-refractivity contribution is 0.0576.